The Morgan fingerprint density at radius 2 is 1.94 bits per heavy atom. The molecule has 0 fully saturated rings. The lowest BCUT2D eigenvalue weighted by Gasteiger charge is -2.08. The number of nitrogens with one attached hydrogen (secondary N) is 2. The highest BCUT2D eigenvalue weighted by molar-refractivity contribution is 6.11. The Labute approximate surface area is 178 Å². The van der Waals surface area contributed by atoms with Gasteiger partial charge in [-0.25, -0.2) is 4.98 Å². The zero-order chi connectivity index (χ0) is 21.8. The average molecular weight is 418 g/mol. The molecule has 3 N–H and O–H groups in total. The van der Waals surface area contributed by atoms with E-state index in [0.29, 0.717) is 24.3 Å². The molecule has 0 atom stereocenters. The number of aliphatic hydroxyl groups is 1. The van der Waals surface area contributed by atoms with Crippen LogP contribution in [0, 0.1) is 0 Å². The Morgan fingerprint density at radius 1 is 1.13 bits per heavy atom. The van der Waals surface area contributed by atoms with Crippen LogP contribution in [-0.4, -0.2) is 49.2 Å². The molecule has 0 aliphatic carbocycles. The normalized spacial score (nSPS) is 10.9. The molecule has 0 saturated carbocycles. The van der Waals surface area contributed by atoms with E-state index in [1.54, 1.807) is 19.2 Å². The zero-order valence-electron chi connectivity index (χ0n) is 16.9. The lowest BCUT2D eigenvalue weighted by atomic mass is 10.2. The quantitative estimate of drug-likeness (QED) is 0.398. The molecular formula is C22H22N6O3. The maximum atomic E-state index is 12.9. The first-order valence-electron chi connectivity index (χ1n) is 9.83. The number of carbonyl (C=O) groups excluding carboxylic acids is 2. The van der Waals surface area contributed by atoms with Gasteiger partial charge >= 0.3 is 0 Å². The van der Waals surface area contributed by atoms with E-state index in [0.717, 1.165) is 11.3 Å². The second-order valence-electron chi connectivity index (χ2n) is 6.99. The van der Waals surface area contributed by atoms with Crippen molar-refractivity contribution in [3.05, 3.63) is 72.3 Å². The van der Waals surface area contributed by atoms with E-state index in [-0.39, 0.29) is 17.9 Å². The highest BCUT2D eigenvalue weighted by atomic mass is 16.3. The molecule has 0 bridgehead atoms. The minimum atomic E-state index is -0.452. The number of hydrogen-bond acceptors (Lipinski definition) is 5. The molecule has 3 heterocycles. The average Bonchev–Trinajstić information content (AvgIpc) is 3.37. The molecule has 3 aromatic heterocycles. The van der Waals surface area contributed by atoms with Crippen LogP contribution in [0.1, 0.15) is 27.3 Å². The second kappa shape index (κ2) is 8.80. The van der Waals surface area contributed by atoms with Gasteiger partial charge in [-0.05, 0) is 12.5 Å². The third kappa shape index (κ3) is 4.31. The van der Waals surface area contributed by atoms with Gasteiger partial charge in [-0.1, -0.05) is 30.3 Å². The van der Waals surface area contributed by atoms with Crippen molar-refractivity contribution in [2.45, 2.75) is 6.42 Å². The van der Waals surface area contributed by atoms with Crippen LogP contribution in [0.5, 0.6) is 0 Å². The zero-order valence-corrected chi connectivity index (χ0v) is 16.9. The number of hydrogen-bond donors (Lipinski definition) is 3. The Balaban J connectivity index is 1.55. The van der Waals surface area contributed by atoms with Crippen LogP contribution in [0.4, 0.5) is 5.69 Å². The molecule has 0 unspecified atom stereocenters. The molecular weight excluding hydrogens is 396 g/mol. The van der Waals surface area contributed by atoms with Crippen molar-refractivity contribution in [2.75, 3.05) is 18.5 Å². The van der Waals surface area contributed by atoms with E-state index in [9.17, 15) is 9.59 Å². The smallest absolute Gasteiger partial charge is 0.274 e. The van der Waals surface area contributed by atoms with Crippen LogP contribution < -0.4 is 10.6 Å². The van der Waals surface area contributed by atoms with E-state index in [1.165, 1.54) is 10.9 Å². The summed E-state index contributed by atoms with van der Waals surface area (Å²) in [5.41, 5.74) is 3.39. The standard InChI is InChI=1S/C22H22N6O3/c1-27-20(17(13-24-27)21(30)23-9-5-11-29)22(31)25-16-8-10-28-14-18(26-19(28)12-16)15-6-3-2-4-7-15/h2-4,6-8,10,12-14,29H,5,9,11H2,1H3,(H,23,30)(H,25,31). The van der Waals surface area contributed by atoms with Gasteiger partial charge in [-0.3, -0.25) is 14.3 Å². The van der Waals surface area contributed by atoms with Crippen molar-refractivity contribution in [1.29, 1.82) is 0 Å². The van der Waals surface area contributed by atoms with Crippen LogP contribution in [0.3, 0.4) is 0 Å². The predicted molar refractivity (Wildman–Crippen MR) is 116 cm³/mol. The number of aliphatic hydroxyl groups excluding tert-OH is 1. The molecule has 158 valence electrons. The SMILES string of the molecule is Cn1ncc(C(=O)NCCCO)c1C(=O)Nc1ccn2cc(-c3ccccc3)nc2c1. The Hall–Kier alpha value is -3.98. The number of benzene rings is 1. The third-order valence-electron chi connectivity index (χ3n) is 4.81. The number of imidazole rings is 1. The summed E-state index contributed by atoms with van der Waals surface area (Å²) in [6.45, 7) is 0.286. The second-order valence-corrected chi connectivity index (χ2v) is 6.99. The van der Waals surface area contributed by atoms with Gasteiger partial charge in [0.1, 0.15) is 11.3 Å². The Morgan fingerprint density at radius 3 is 2.71 bits per heavy atom. The molecule has 0 aliphatic rings. The summed E-state index contributed by atoms with van der Waals surface area (Å²) in [6, 6.07) is 13.4. The molecule has 0 spiro atoms. The first kappa shape index (κ1) is 20.3. The molecule has 31 heavy (non-hydrogen) atoms. The number of fused-ring (bicyclic) bond motifs is 1. The molecule has 4 rings (SSSR count). The van der Waals surface area contributed by atoms with Gasteiger partial charge in [0.05, 0.1) is 17.5 Å². The van der Waals surface area contributed by atoms with Crippen molar-refractivity contribution >= 4 is 23.1 Å². The van der Waals surface area contributed by atoms with Gasteiger partial charge in [-0.15, -0.1) is 0 Å². The number of aromatic nitrogens is 4. The van der Waals surface area contributed by atoms with E-state index in [2.05, 4.69) is 20.7 Å². The van der Waals surface area contributed by atoms with E-state index < -0.39 is 11.8 Å². The maximum absolute atomic E-state index is 12.9. The summed E-state index contributed by atoms with van der Waals surface area (Å²) < 4.78 is 3.24. The molecule has 0 aliphatic heterocycles. The number of anilines is 1. The van der Waals surface area contributed by atoms with Gasteiger partial charge in [0.2, 0.25) is 0 Å². The van der Waals surface area contributed by atoms with Crippen molar-refractivity contribution < 1.29 is 14.7 Å². The summed E-state index contributed by atoms with van der Waals surface area (Å²) in [6.07, 6.45) is 5.53. The summed E-state index contributed by atoms with van der Waals surface area (Å²) in [4.78, 5) is 29.9. The van der Waals surface area contributed by atoms with E-state index in [1.807, 2.05) is 47.1 Å². The molecule has 2 amide bonds. The van der Waals surface area contributed by atoms with E-state index in [4.69, 9.17) is 5.11 Å². The van der Waals surface area contributed by atoms with Crippen LogP contribution in [0.15, 0.2) is 61.1 Å². The molecule has 0 radical (unpaired) electrons. The fourth-order valence-electron chi connectivity index (χ4n) is 3.25. The summed E-state index contributed by atoms with van der Waals surface area (Å²) in [5.74, 6) is -0.866. The number of aryl methyl sites for hydroxylation is 1. The predicted octanol–water partition coefficient (Wildman–Crippen LogP) is 2.10. The first-order chi connectivity index (χ1) is 15.1. The third-order valence-corrected chi connectivity index (χ3v) is 4.81. The van der Waals surface area contributed by atoms with Crippen LogP contribution in [0.2, 0.25) is 0 Å². The lowest BCUT2D eigenvalue weighted by Crippen LogP contribution is -2.28. The Kier molecular flexibility index (Phi) is 5.76. The van der Waals surface area contributed by atoms with Crippen molar-refractivity contribution in [2.24, 2.45) is 7.05 Å². The Bertz CT molecular complexity index is 1230. The summed E-state index contributed by atoms with van der Waals surface area (Å²) in [7, 11) is 1.60. The first-order valence-corrected chi connectivity index (χ1v) is 9.83. The van der Waals surface area contributed by atoms with Crippen LogP contribution in [-0.2, 0) is 7.05 Å². The fraction of sp³-hybridized carbons (Fsp3) is 0.182. The lowest BCUT2D eigenvalue weighted by molar-refractivity contribution is 0.0936. The summed E-state index contributed by atoms with van der Waals surface area (Å²) in [5, 5.41) is 18.4. The van der Waals surface area contributed by atoms with Crippen molar-refractivity contribution in [3.63, 3.8) is 0 Å². The van der Waals surface area contributed by atoms with Gasteiger partial charge in [-0.2, -0.15) is 5.10 Å². The number of amides is 2. The number of nitrogens with zero attached hydrogens (tertiary/aromatic N) is 4. The molecule has 1 aromatic carbocycles. The topological polar surface area (TPSA) is 114 Å². The van der Waals surface area contributed by atoms with Gasteiger partial charge < -0.3 is 20.1 Å². The molecule has 9 nitrogen and oxygen atoms in total. The highest BCUT2D eigenvalue weighted by Gasteiger charge is 2.22. The van der Waals surface area contributed by atoms with Gasteiger partial charge in [0.15, 0.2) is 0 Å². The minimum absolute atomic E-state index is 0.0249. The molecule has 4 aromatic rings. The maximum Gasteiger partial charge on any atom is 0.274 e. The van der Waals surface area contributed by atoms with Crippen molar-refractivity contribution in [1.82, 2.24) is 24.5 Å². The van der Waals surface area contributed by atoms with Crippen LogP contribution >= 0.6 is 0 Å². The summed E-state index contributed by atoms with van der Waals surface area (Å²) >= 11 is 0. The fourth-order valence-corrected chi connectivity index (χ4v) is 3.25. The largest absolute Gasteiger partial charge is 0.396 e. The number of carbonyl (C=O) groups is 2. The van der Waals surface area contributed by atoms with Gasteiger partial charge in [0, 0.05) is 49.9 Å². The van der Waals surface area contributed by atoms with Crippen molar-refractivity contribution in [3.8, 4) is 11.3 Å². The monoisotopic (exact) mass is 418 g/mol. The molecule has 9 heteroatoms. The van der Waals surface area contributed by atoms with Gasteiger partial charge in [0.25, 0.3) is 11.8 Å². The highest BCUT2D eigenvalue weighted by Crippen LogP contribution is 2.21. The minimum Gasteiger partial charge on any atom is -0.396 e. The molecule has 0 saturated heterocycles. The number of pyridine rings is 1. The number of rotatable bonds is 7. The van der Waals surface area contributed by atoms with E-state index >= 15 is 0 Å². The van der Waals surface area contributed by atoms with Crippen LogP contribution in [0.25, 0.3) is 16.9 Å².